The lowest BCUT2D eigenvalue weighted by Crippen LogP contribution is -2.32. The fraction of sp³-hybridized carbons (Fsp3) is 0.111. The van der Waals surface area contributed by atoms with Gasteiger partial charge in [-0.25, -0.2) is 0 Å². The second-order valence-electron chi connectivity index (χ2n) is 9.54. The van der Waals surface area contributed by atoms with E-state index in [9.17, 15) is 9.59 Å². The first-order valence-electron chi connectivity index (χ1n) is 13.4. The molecule has 0 unspecified atom stereocenters. The molecule has 0 fully saturated rings. The summed E-state index contributed by atoms with van der Waals surface area (Å²) >= 11 is 1.05. The Kier molecular flexibility index (Phi) is 9.17. The van der Waals surface area contributed by atoms with Gasteiger partial charge in [-0.3, -0.25) is 9.59 Å². The van der Waals surface area contributed by atoms with Crippen molar-refractivity contribution in [1.82, 2.24) is 0 Å². The summed E-state index contributed by atoms with van der Waals surface area (Å²) < 4.78 is 17.8. The van der Waals surface area contributed by atoms with E-state index >= 15 is 0 Å². The summed E-state index contributed by atoms with van der Waals surface area (Å²) in [5.41, 5.74) is 3.86. The predicted octanol–water partition coefficient (Wildman–Crippen LogP) is 7.96. The monoisotopic (exact) mass is 574 g/mol. The first-order chi connectivity index (χ1) is 20.6. The van der Waals surface area contributed by atoms with Gasteiger partial charge in [-0.1, -0.05) is 97.1 Å². The normalized spacial score (nSPS) is 11.1. The molecule has 0 N–H and O–H groups in total. The van der Waals surface area contributed by atoms with E-state index in [1.165, 1.54) is 0 Å². The molecule has 0 bridgehead atoms. The van der Waals surface area contributed by atoms with Crippen LogP contribution in [0.3, 0.4) is 0 Å². The second-order valence-corrected chi connectivity index (χ2v) is 10.5. The highest BCUT2D eigenvalue weighted by Gasteiger charge is 2.38. The maximum Gasteiger partial charge on any atom is 0.224 e. The molecule has 0 amide bonds. The Labute approximate surface area is 250 Å². The van der Waals surface area contributed by atoms with Crippen LogP contribution in [0.1, 0.15) is 43.0 Å². The largest absolute Gasteiger partial charge is 0.497 e. The number of thioether (sulfide) groups is 1. The highest BCUT2D eigenvalue weighted by atomic mass is 32.2. The van der Waals surface area contributed by atoms with Gasteiger partial charge in [0.15, 0.2) is 6.29 Å². The van der Waals surface area contributed by atoms with Crippen LogP contribution in [0.15, 0.2) is 132 Å². The summed E-state index contributed by atoms with van der Waals surface area (Å²) in [6.07, 6.45) is 0.765. The number of carbonyl (C=O) groups excluding carboxylic acids is 2. The molecule has 5 aromatic carbocycles. The zero-order valence-electron chi connectivity index (χ0n) is 23.4. The molecule has 5 aromatic rings. The zero-order valence-corrected chi connectivity index (χ0v) is 24.2. The summed E-state index contributed by atoms with van der Waals surface area (Å²) in [6, 6.07) is 40.4. The number of benzene rings is 5. The minimum Gasteiger partial charge on any atom is -0.497 e. The van der Waals surface area contributed by atoms with Gasteiger partial charge in [-0.2, -0.15) is 0 Å². The van der Waals surface area contributed by atoms with Gasteiger partial charge in [0, 0.05) is 16.0 Å². The van der Waals surface area contributed by atoms with Crippen molar-refractivity contribution in [3.8, 4) is 11.5 Å². The van der Waals surface area contributed by atoms with Gasteiger partial charge in [0.25, 0.3) is 0 Å². The highest BCUT2D eigenvalue weighted by molar-refractivity contribution is 8.14. The van der Waals surface area contributed by atoms with Gasteiger partial charge >= 0.3 is 0 Å². The molecule has 0 radical (unpaired) electrons. The lowest BCUT2D eigenvalue weighted by Gasteiger charge is -2.36. The van der Waals surface area contributed by atoms with E-state index in [-0.39, 0.29) is 11.7 Å². The predicted molar refractivity (Wildman–Crippen MR) is 166 cm³/mol. The van der Waals surface area contributed by atoms with E-state index in [0.717, 1.165) is 51.8 Å². The SMILES string of the molecule is COc1ccc(C(OCc2ccc(C(=O)Sc3ccccc3C=O)cc2)(c2ccccc2)c2ccc(OC)cc2)cc1. The van der Waals surface area contributed by atoms with Crippen molar-refractivity contribution in [1.29, 1.82) is 0 Å². The van der Waals surface area contributed by atoms with Crippen molar-refractivity contribution in [2.24, 2.45) is 0 Å². The first kappa shape index (κ1) is 28.9. The van der Waals surface area contributed by atoms with Crippen LogP contribution in [0, 0.1) is 0 Å². The first-order valence-corrected chi connectivity index (χ1v) is 14.2. The van der Waals surface area contributed by atoms with Crippen LogP contribution in [-0.2, 0) is 16.9 Å². The summed E-state index contributed by atoms with van der Waals surface area (Å²) in [7, 11) is 3.29. The zero-order chi connectivity index (χ0) is 29.4. The lowest BCUT2D eigenvalue weighted by atomic mass is 9.80. The Morgan fingerprint density at radius 1 is 0.667 bits per heavy atom. The van der Waals surface area contributed by atoms with E-state index in [1.807, 2.05) is 84.9 Å². The van der Waals surface area contributed by atoms with Crippen LogP contribution in [0.25, 0.3) is 0 Å². The maximum atomic E-state index is 13.0. The molecule has 0 atom stereocenters. The van der Waals surface area contributed by atoms with Gasteiger partial charge < -0.3 is 14.2 Å². The fourth-order valence-electron chi connectivity index (χ4n) is 4.83. The minimum absolute atomic E-state index is 0.133. The van der Waals surface area contributed by atoms with Crippen molar-refractivity contribution >= 4 is 23.2 Å². The van der Waals surface area contributed by atoms with Crippen LogP contribution >= 0.6 is 11.8 Å². The molecular formula is C36H30O5S. The van der Waals surface area contributed by atoms with E-state index < -0.39 is 5.60 Å². The molecule has 210 valence electrons. The van der Waals surface area contributed by atoms with E-state index in [0.29, 0.717) is 16.0 Å². The standard InChI is InChI=1S/C36H30O5S/c1-39-32-20-16-30(17-21-32)36(29-9-4-3-5-10-29,31-18-22-33(40-2)23-19-31)41-25-26-12-14-27(15-13-26)35(38)42-34-11-7-6-8-28(34)24-37/h3-24H,25H2,1-2H3. The number of rotatable bonds is 11. The van der Waals surface area contributed by atoms with Gasteiger partial charge in [-0.15, -0.1) is 0 Å². The van der Waals surface area contributed by atoms with Gasteiger partial charge in [0.05, 0.1) is 20.8 Å². The minimum atomic E-state index is -0.942. The molecule has 0 aliphatic rings. The third-order valence-corrected chi connectivity index (χ3v) is 8.08. The highest BCUT2D eigenvalue weighted by Crippen LogP contribution is 2.42. The summed E-state index contributed by atoms with van der Waals surface area (Å²) in [6.45, 7) is 0.280. The van der Waals surface area contributed by atoms with Crippen LogP contribution in [0.4, 0.5) is 0 Å². The quantitative estimate of drug-likeness (QED) is 0.0906. The smallest absolute Gasteiger partial charge is 0.224 e. The second kappa shape index (κ2) is 13.3. The number of ether oxygens (including phenoxy) is 3. The maximum absolute atomic E-state index is 13.0. The average Bonchev–Trinajstić information content (AvgIpc) is 3.06. The topological polar surface area (TPSA) is 61.8 Å². The van der Waals surface area contributed by atoms with E-state index in [2.05, 4.69) is 12.1 Å². The van der Waals surface area contributed by atoms with Crippen molar-refractivity contribution in [3.05, 3.63) is 161 Å². The van der Waals surface area contributed by atoms with Crippen molar-refractivity contribution in [3.63, 3.8) is 0 Å². The van der Waals surface area contributed by atoms with Gasteiger partial charge in [0.1, 0.15) is 17.1 Å². The van der Waals surface area contributed by atoms with Crippen molar-refractivity contribution in [2.75, 3.05) is 14.2 Å². The van der Waals surface area contributed by atoms with Crippen LogP contribution < -0.4 is 9.47 Å². The van der Waals surface area contributed by atoms with Crippen molar-refractivity contribution < 1.29 is 23.8 Å². The van der Waals surface area contributed by atoms with Crippen LogP contribution in [0.2, 0.25) is 0 Å². The van der Waals surface area contributed by atoms with Gasteiger partial charge in [-0.05, 0) is 64.3 Å². The molecule has 6 heteroatoms. The van der Waals surface area contributed by atoms with E-state index in [1.54, 1.807) is 44.6 Å². The number of hydrogen-bond donors (Lipinski definition) is 0. The third kappa shape index (κ3) is 6.15. The molecule has 0 aromatic heterocycles. The number of hydrogen-bond acceptors (Lipinski definition) is 6. The number of aldehydes is 1. The van der Waals surface area contributed by atoms with E-state index in [4.69, 9.17) is 14.2 Å². The van der Waals surface area contributed by atoms with Crippen molar-refractivity contribution in [2.45, 2.75) is 17.1 Å². The Bertz CT molecular complexity index is 1580. The Balaban J connectivity index is 1.47. The molecule has 0 aliphatic heterocycles. The summed E-state index contributed by atoms with van der Waals surface area (Å²) in [5.74, 6) is 1.51. The number of methoxy groups -OCH3 is 2. The van der Waals surface area contributed by atoms with Gasteiger partial charge in [0.2, 0.25) is 5.12 Å². The molecule has 0 saturated carbocycles. The fourth-order valence-corrected chi connectivity index (χ4v) is 5.67. The summed E-state index contributed by atoms with van der Waals surface area (Å²) in [4.78, 5) is 25.0. The average molecular weight is 575 g/mol. The molecule has 5 rings (SSSR count). The Morgan fingerprint density at radius 2 is 1.19 bits per heavy atom. The molecule has 0 aliphatic carbocycles. The molecule has 42 heavy (non-hydrogen) atoms. The molecule has 0 spiro atoms. The Hall–Kier alpha value is -4.65. The summed E-state index contributed by atoms with van der Waals surface area (Å²) in [5, 5.41) is -0.133. The molecular weight excluding hydrogens is 544 g/mol. The molecule has 0 heterocycles. The molecule has 5 nitrogen and oxygen atoms in total. The van der Waals surface area contributed by atoms with Crippen LogP contribution in [0.5, 0.6) is 11.5 Å². The lowest BCUT2D eigenvalue weighted by molar-refractivity contribution is 0.000187. The third-order valence-electron chi connectivity index (χ3n) is 7.07. The number of carbonyl (C=O) groups is 2. The van der Waals surface area contributed by atoms with Crippen LogP contribution in [-0.4, -0.2) is 25.6 Å². The Morgan fingerprint density at radius 3 is 1.74 bits per heavy atom. The molecule has 0 saturated heterocycles.